The first-order chi connectivity index (χ1) is 15.4. The monoisotopic (exact) mass is 434 g/mol. The van der Waals surface area contributed by atoms with Gasteiger partial charge in [0.15, 0.2) is 5.78 Å². The van der Waals surface area contributed by atoms with E-state index in [0.29, 0.717) is 29.8 Å². The second kappa shape index (κ2) is 7.91. The van der Waals surface area contributed by atoms with Crippen molar-refractivity contribution in [1.29, 1.82) is 0 Å². The number of halogens is 1. The van der Waals surface area contributed by atoms with Gasteiger partial charge in [-0.2, -0.15) is 0 Å². The molecule has 1 fully saturated rings. The molecule has 1 spiro atoms. The molecular formula is C25H23FN2O4. The highest BCUT2D eigenvalue weighted by Crippen LogP contribution is 2.40. The number of ether oxygens (including phenoxy) is 1. The second-order valence-corrected chi connectivity index (χ2v) is 8.59. The number of aliphatic carboxylic acids is 1. The Balaban J connectivity index is 1.28. The molecular weight excluding hydrogens is 411 g/mol. The number of carboxylic acids is 1. The Hall–Kier alpha value is -3.45. The van der Waals surface area contributed by atoms with Crippen LogP contribution >= 0.6 is 0 Å². The summed E-state index contributed by atoms with van der Waals surface area (Å²) in [5.41, 5.74) is 2.63. The van der Waals surface area contributed by atoms with E-state index in [2.05, 4.69) is 9.88 Å². The van der Waals surface area contributed by atoms with Gasteiger partial charge >= 0.3 is 5.97 Å². The van der Waals surface area contributed by atoms with E-state index < -0.39 is 11.6 Å². The van der Waals surface area contributed by atoms with Gasteiger partial charge in [-0.25, -0.2) is 9.18 Å². The summed E-state index contributed by atoms with van der Waals surface area (Å²) in [6.07, 6.45) is 6.23. The largest absolute Gasteiger partial charge is 0.486 e. The molecule has 0 unspecified atom stereocenters. The summed E-state index contributed by atoms with van der Waals surface area (Å²) in [7, 11) is 0. The summed E-state index contributed by atoms with van der Waals surface area (Å²) >= 11 is 0. The molecule has 7 heteroatoms. The van der Waals surface area contributed by atoms with Crippen molar-refractivity contribution in [2.45, 2.75) is 31.4 Å². The molecule has 2 aliphatic rings. The number of ketones is 1. The zero-order valence-electron chi connectivity index (χ0n) is 17.4. The molecule has 3 heterocycles. The lowest BCUT2D eigenvalue weighted by Gasteiger charge is -2.44. The number of H-pyrrole nitrogens is 1. The maximum Gasteiger partial charge on any atom is 0.328 e. The van der Waals surface area contributed by atoms with Gasteiger partial charge in [-0.1, -0.05) is 6.07 Å². The summed E-state index contributed by atoms with van der Waals surface area (Å²) in [4.78, 5) is 29.1. The highest BCUT2D eigenvalue weighted by atomic mass is 19.1. The lowest BCUT2D eigenvalue weighted by Crippen LogP contribution is -2.50. The van der Waals surface area contributed by atoms with Crippen LogP contribution in [0.5, 0.6) is 5.75 Å². The number of carbonyl (C=O) groups excluding carboxylic acids is 1. The van der Waals surface area contributed by atoms with E-state index in [1.165, 1.54) is 12.1 Å². The van der Waals surface area contributed by atoms with Crippen LogP contribution < -0.4 is 4.74 Å². The minimum atomic E-state index is -1.03. The van der Waals surface area contributed by atoms with Crippen LogP contribution in [0.3, 0.4) is 0 Å². The number of hydrogen-bond acceptors (Lipinski definition) is 4. The van der Waals surface area contributed by atoms with Crippen LogP contribution in [-0.2, 0) is 11.3 Å². The first kappa shape index (κ1) is 20.5. The minimum absolute atomic E-state index is 0.0254. The van der Waals surface area contributed by atoms with Gasteiger partial charge in [-0.15, -0.1) is 0 Å². The number of hydrogen-bond donors (Lipinski definition) is 2. The van der Waals surface area contributed by atoms with E-state index in [0.717, 1.165) is 48.5 Å². The molecule has 32 heavy (non-hydrogen) atoms. The van der Waals surface area contributed by atoms with Gasteiger partial charge < -0.3 is 14.8 Å². The fourth-order valence-electron chi connectivity index (χ4n) is 4.70. The molecule has 3 aromatic rings. The maximum absolute atomic E-state index is 13.7. The zero-order chi connectivity index (χ0) is 22.3. The predicted molar refractivity (Wildman–Crippen MR) is 118 cm³/mol. The van der Waals surface area contributed by atoms with Gasteiger partial charge in [-0.3, -0.25) is 9.69 Å². The summed E-state index contributed by atoms with van der Waals surface area (Å²) < 4.78 is 20.0. The Bertz CT molecular complexity index is 1240. The van der Waals surface area contributed by atoms with E-state index in [-0.39, 0.29) is 11.6 Å². The smallest absolute Gasteiger partial charge is 0.328 e. The second-order valence-electron chi connectivity index (χ2n) is 8.59. The number of fused-ring (bicyclic) bond motifs is 2. The number of likely N-dealkylation sites (tertiary alicyclic amines) is 1. The van der Waals surface area contributed by atoms with Crippen molar-refractivity contribution in [3.8, 4) is 5.75 Å². The van der Waals surface area contributed by atoms with Gasteiger partial charge in [0.05, 0.1) is 12.0 Å². The Morgan fingerprint density at radius 1 is 1.22 bits per heavy atom. The maximum atomic E-state index is 13.7. The van der Waals surface area contributed by atoms with Crippen molar-refractivity contribution in [3.05, 3.63) is 71.2 Å². The van der Waals surface area contributed by atoms with Gasteiger partial charge in [-0.05, 0) is 47.5 Å². The first-order valence-electron chi connectivity index (χ1n) is 10.7. The van der Waals surface area contributed by atoms with Gasteiger partial charge in [0.1, 0.15) is 17.2 Å². The molecule has 0 saturated carbocycles. The van der Waals surface area contributed by atoms with Crippen LogP contribution in [0.1, 0.15) is 40.7 Å². The molecule has 0 radical (unpaired) electrons. The quantitative estimate of drug-likeness (QED) is 0.595. The number of nitrogens with one attached hydrogen (secondary N) is 1. The number of nitrogens with zero attached hydrogens (tertiary/aromatic N) is 1. The van der Waals surface area contributed by atoms with Crippen molar-refractivity contribution in [3.63, 3.8) is 0 Å². The zero-order valence-corrected chi connectivity index (χ0v) is 17.4. The number of aromatic nitrogens is 1. The van der Waals surface area contributed by atoms with E-state index >= 15 is 0 Å². The third-order valence-electron chi connectivity index (χ3n) is 6.42. The van der Waals surface area contributed by atoms with E-state index in [9.17, 15) is 14.0 Å². The van der Waals surface area contributed by atoms with Crippen molar-refractivity contribution in [2.75, 3.05) is 13.1 Å². The third-order valence-corrected chi connectivity index (χ3v) is 6.42. The average molecular weight is 434 g/mol. The molecule has 164 valence electrons. The van der Waals surface area contributed by atoms with Crippen LogP contribution in [-0.4, -0.2) is 45.4 Å². The Morgan fingerprint density at radius 2 is 2.03 bits per heavy atom. The van der Waals surface area contributed by atoms with Crippen LogP contribution in [0.25, 0.3) is 17.0 Å². The Morgan fingerprint density at radius 3 is 2.81 bits per heavy atom. The van der Waals surface area contributed by atoms with Gasteiger partial charge in [0.2, 0.25) is 0 Å². The highest BCUT2D eigenvalue weighted by molar-refractivity contribution is 6.01. The molecule has 1 saturated heterocycles. The summed E-state index contributed by atoms with van der Waals surface area (Å²) in [6.45, 7) is 2.28. The van der Waals surface area contributed by atoms with Crippen molar-refractivity contribution in [2.24, 2.45) is 0 Å². The molecule has 6 nitrogen and oxygen atoms in total. The number of aromatic amines is 1. The van der Waals surface area contributed by atoms with Crippen LogP contribution in [0.4, 0.5) is 4.39 Å². The molecule has 0 bridgehead atoms. The predicted octanol–water partition coefficient (Wildman–Crippen LogP) is 4.40. The van der Waals surface area contributed by atoms with Gasteiger partial charge in [0.25, 0.3) is 0 Å². The molecule has 0 aliphatic carbocycles. The van der Waals surface area contributed by atoms with Crippen LogP contribution in [0.15, 0.2) is 48.7 Å². The molecule has 2 aliphatic heterocycles. The topological polar surface area (TPSA) is 82.6 Å². The van der Waals surface area contributed by atoms with Crippen molar-refractivity contribution >= 4 is 28.7 Å². The van der Waals surface area contributed by atoms with Crippen molar-refractivity contribution < 1.29 is 23.8 Å². The number of benzene rings is 2. The van der Waals surface area contributed by atoms with Gasteiger partial charge in [0, 0.05) is 55.7 Å². The number of carbonyl (C=O) groups is 2. The average Bonchev–Trinajstić information content (AvgIpc) is 3.16. The highest BCUT2D eigenvalue weighted by Gasteiger charge is 2.43. The Labute approximate surface area is 184 Å². The first-order valence-corrected chi connectivity index (χ1v) is 10.7. The lowest BCUT2D eigenvalue weighted by atomic mass is 9.82. The summed E-state index contributed by atoms with van der Waals surface area (Å²) in [6, 6.07) is 9.97. The number of Topliss-reactive ketones (excluding diaryl/α,β-unsaturated/α-hetero) is 1. The molecule has 0 atom stereocenters. The normalized spacial score (nSPS) is 18.2. The number of carboxylic acid groups (broad SMARTS) is 1. The summed E-state index contributed by atoms with van der Waals surface area (Å²) in [5, 5.41) is 9.70. The third kappa shape index (κ3) is 3.91. The van der Waals surface area contributed by atoms with Crippen molar-refractivity contribution in [1.82, 2.24) is 9.88 Å². The van der Waals surface area contributed by atoms with Crippen LogP contribution in [0.2, 0.25) is 0 Å². The fourth-order valence-corrected chi connectivity index (χ4v) is 4.70. The lowest BCUT2D eigenvalue weighted by molar-refractivity contribution is -0.131. The van der Waals surface area contributed by atoms with E-state index in [1.807, 2.05) is 6.20 Å². The molecule has 2 N–H and O–H groups in total. The molecule has 1 aromatic heterocycles. The van der Waals surface area contributed by atoms with E-state index in [4.69, 9.17) is 9.84 Å². The Kier molecular flexibility index (Phi) is 5.06. The number of piperidine rings is 1. The SMILES string of the molecule is O=C(O)C=Cc1ccc2c(c1)C(=O)CC1(CCN(Cc3c[nH]c4ccc(F)cc34)CC1)O2. The summed E-state index contributed by atoms with van der Waals surface area (Å²) in [5.74, 6) is -0.689. The van der Waals surface area contributed by atoms with E-state index in [1.54, 1.807) is 30.3 Å². The van der Waals surface area contributed by atoms with Crippen LogP contribution in [0, 0.1) is 5.82 Å². The minimum Gasteiger partial charge on any atom is -0.486 e. The standard InChI is InChI=1S/C25H23FN2O4/c26-18-3-4-21-19(12-18)17(14-27-21)15-28-9-7-25(8-10-28)13-22(29)20-11-16(2-6-24(30)31)1-5-23(20)32-25/h1-6,11-12,14,27H,7-10,13,15H2,(H,30,31). The molecule has 2 aromatic carbocycles. The fraction of sp³-hybridized carbons (Fsp3) is 0.280. The number of rotatable bonds is 4. The molecule has 0 amide bonds. The molecule has 5 rings (SSSR count).